The molecule has 0 saturated heterocycles. The Balaban J connectivity index is 3.69. The zero-order valence-electron chi connectivity index (χ0n) is 9.22. The summed E-state index contributed by atoms with van der Waals surface area (Å²) in [5, 5.41) is 0. The quantitative estimate of drug-likeness (QED) is 0.644. The predicted octanol–water partition coefficient (Wildman–Crippen LogP) is 2.89. The van der Waals surface area contributed by atoms with Crippen LogP contribution in [0.25, 0.3) is 0 Å². The van der Waals surface area contributed by atoms with Crippen LogP contribution in [0, 0.1) is 0 Å². The molecule has 0 aliphatic carbocycles. The van der Waals surface area contributed by atoms with Gasteiger partial charge in [-0.3, -0.25) is 4.79 Å². The number of carbonyl (C=O) groups is 1. The highest BCUT2D eigenvalue weighted by Crippen LogP contribution is 2.26. The summed E-state index contributed by atoms with van der Waals surface area (Å²) >= 11 is 1.32. The highest BCUT2D eigenvalue weighted by atomic mass is 32.2. The van der Waals surface area contributed by atoms with E-state index in [1.54, 1.807) is 0 Å². The molecule has 0 N–H and O–H groups in total. The van der Waals surface area contributed by atoms with E-state index in [0.717, 1.165) is 12.0 Å². The average Bonchev–Trinajstić information content (AvgIpc) is 1.82. The Morgan fingerprint density at radius 3 is 2.15 bits per heavy atom. The van der Waals surface area contributed by atoms with Gasteiger partial charge >= 0.3 is 0 Å². The summed E-state index contributed by atoms with van der Waals surface area (Å²) in [6, 6.07) is 0. The second-order valence-electron chi connectivity index (χ2n) is 4.68. The standard InChI is InChI=1S/C10H20O2S/c1-9(2,3)12-7-6-10(4,5)13-8-11/h8H,6-7H2,1-5H3. The van der Waals surface area contributed by atoms with Crippen LogP contribution < -0.4 is 0 Å². The summed E-state index contributed by atoms with van der Waals surface area (Å²) < 4.78 is 5.58. The van der Waals surface area contributed by atoms with Gasteiger partial charge in [0.15, 0.2) is 5.62 Å². The third-order valence-electron chi connectivity index (χ3n) is 1.61. The second-order valence-corrected chi connectivity index (χ2v) is 6.22. The number of hydrogen-bond donors (Lipinski definition) is 0. The van der Waals surface area contributed by atoms with Crippen molar-refractivity contribution in [2.45, 2.75) is 51.4 Å². The summed E-state index contributed by atoms with van der Waals surface area (Å²) in [5.74, 6) is 0. The van der Waals surface area contributed by atoms with Crippen LogP contribution in [0.3, 0.4) is 0 Å². The SMILES string of the molecule is CC(C)(C)OCCC(C)(C)SC=O. The van der Waals surface area contributed by atoms with Crippen molar-refractivity contribution in [2.75, 3.05) is 6.61 Å². The minimum atomic E-state index is -0.0814. The molecule has 78 valence electrons. The molecule has 0 spiro atoms. The molecule has 0 rings (SSSR count). The molecule has 0 heterocycles. The summed E-state index contributed by atoms with van der Waals surface area (Å²) in [4.78, 5) is 10.3. The smallest absolute Gasteiger partial charge is 0.176 e. The molecule has 0 radical (unpaired) electrons. The zero-order valence-corrected chi connectivity index (χ0v) is 10.0. The first kappa shape index (κ1) is 13.0. The normalized spacial score (nSPS) is 13.0. The maximum Gasteiger partial charge on any atom is 0.176 e. The molecular formula is C10H20O2S. The minimum Gasteiger partial charge on any atom is -0.376 e. The third-order valence-corrected chi connectivity index (χ3v) is 2.54. The van der Waals surface area contributed by atoms with Crippen molar-refractivity contribution in [3.8, 4) is 0 Å². The molecule has 3 heteroatoms. The lowest BCUT2D eigenvalue weighted by atomic mass is 10.1. The number of hydrogen-bond acceptors (Lipinski definition) is 3. The maximum absolute atomic E-state index is 10.3. The molecule has 2 nitrogen and oxygen atoms in total. The summed E-state index contributed by atoms with van der Waals surface area (Å²) in [7, 11) is 0. The van der Waals surface area contributed by atoms with Crippen LogP contribution in [-0.2, 0) is 9.53 Å². The lowest BCUT2D eigenvalue weighted by Gasteiger charge is -2.25. The van der Waals surface area contributed by atoms with Gasteiger partial charge < -0.3 is 4.74 Å². The van der Waals surface area contributed by atoms with E-state index < -0.39 is 0 Å². The van der Waals surface area contributed by atoms with Gasteiger partial charge in [0.1, 0.15) is 0 Å². The van der Waals surface area contributed by atoms with Gasteiger partial charge in [0.05, 0.1) is 5.60 Å². The Labute approximate surface area is 85.4 Å². The molecule has 0 atom stereocenters. The zero-order chi connectivity index (χ0) is 10.5. The van der Waals surface area contributed by atoms with Gasteiger partial charge in [0.25, 0.3) is 0 Å². The van der Waals surface area contributed by atoms with Gasteiger partial charge in [-0.05, 0) is 27.2 Å². The van der Waals surface area contributed by atoms with Crippen molar-refractivity contribution in [1.29, 1.82) is 0 Å². The van der Waals surface area contributed by atoms with Crippen molar-refractivity contribution < 1.29 is 9.53 Å². The fraction of sp³-hybridized carbons (Fsp3) is 0.900. The van der Waals surface area contributed by atoms with Gasteiger partial charge in [0, 0.05) is 11.4 Å². The highest BCUT2D eigenvalue weighted by molar-refractivity contribution is 8.13. The molecule has 0 aromatic carbocycles. The van der Waals surface area contributed by atoms with Crippen molar-refractivity contribution in [3.63, 3.8) is 0 Å². The van der Waals surface area contributed by atoms with Gasteiger partial charge in [0.2, 0.25) is 0 Å². The summed E-state index contributed by atoms with van der Waals surface area (Å²) in [6.07, 6.45) is 0.897. The first-order chi connectivity index (χ1) is 5.77. The van der Waals surface area contributed by atoms with Gasteiger partial charge in [-0.2, -0.15) is 0 Å². The van der Waals surface area contributed by atoms with E-state index in [1.165, 1.54) is 11.8 Å². The molecule has 0 amide bonds. The average molecular weight is 204 g/mol. The Hall–Kier alpha value is -0.0200. The van der Waals surface area contributed by atoms with Crippen LogP contribution >= 0.6 is 11.8 Å². The Bertz CT molecular complexity index is 159. The van der Waals surface area contributed by atoms with E-state index in [9.17, 15) is 4.79 Å². The molecule has 0 aromatic heterocycles. The lowest BCUT2D eigenvalue weighted by Crippen LogP contribution is -2.24. The highest BCUT2D eigenvalue weighted by Gasteiger charge is 2.19. The number of carbonyl (C=O) groups excluding carboxylic acids is 1. The molecule has 0 aliphatic heterocycles. The van der Waals surface area contributed by atoms with E-state index in [4.69, 9.17) is 4.74 Å². The third kappa shape index (κ3) is 8.31. The number of ether oxygens (including phenoxy) is 1. The molecular weight excluding hydrogens is 184 g/mol. The topological polar surface area (TPSA) is 26.3 Å². The fourth-order valence-corrected chi connectivity index (χ4v) is 1.25. The van der Waals surface area contributed by atoms with Crippen LogP contribution in [-0.4, -0.2) is 22.6 Å². The van der Waals surface area contributed by atoms with E-state index >= 15 is 0 Å². The van der Waals surface area contributed by atoms with E-state index in [0.29, 0.717) is 6.61 Å². The maximum atomic E-state index is 10.3. The van der Waals surface area contributed by atoms with Gasteiger partial charge in [-0.15, -0.1) is 0 Å². The van der Waals surface area contributed by atoms with Crippen molar-refractivity contribution in [2.24, 2.45) is 0 Å². The van der Waals surface area contributed by atoms with Crippen molar-refractivity contribution in [1.82, 2.24) is 0 Å². The van der Waals surface area contributed by atoms with Crippen LogP contribution in [0.1, 0.15) is 41.0 Å². The van der Waals surface area contributed by atoms with Crippen molar-refractivity contribution in [3.05, 3.63) is 0 Å². The number of rotatable bonds is 5. The number of thioether (sulfide) groups is 1. The van der Waals surface area contributed by atoms with Crippen molar-refractivity contribution >= 4 is 17.4 Å². The van der Waals surface area contributed by atoms with Gasteiger partial charge in [-0.25, -0.2) is 0 Å². The van der Waals surface area contributed by atoms with E-state index in [2.05, 4.69) is 13.8 Å². The molecule has 0 saturated carbocycles. The molecule has 0 bridgehead atoms. The van der Waals surface area contributed by atoms with Crippen LogP contribution in [0.15, 0.2) is 0 Å². The Morgan fingerprint density at radius 1 is 1.23 bits per heavy atom. The molecule has 0 fully saturated rings. The second kappa shape index (κ2) is 5.01. The van der Waals surface area contributed by atoms with Gasteiger partial charge in [-0.1, -0.05) is 25.6 Å². The van der Waals surface area contributed by atoms with E-state index in [-0.39, 0.29) is 10.3 Å². The summed E-state index contributed by atoms with van der Waals surface area (Å²) in [5.41, 5.74) is 0.818. The molecule has 0 aromatic rings. The predicted molar refractivity (Wildman–Crippen MR) is 58.7 cm³/mol. The first-order valence-corrected chi connectivity index (χ1v) is 5.40. The minimum absolute atomic E-state index is 0.00694. The Morgan fingerprint density at radius 2 is 1.77 bits per heavy atom. The van der Waals surface area contributed by atoms with Crippen LogP contribution in [0.4, 0.5) is 0 Å². The molecule has 0 unspecified atom stereocenters. The first-order valence-electron chi connectivity index (χ1n) is 4.52. The van der Waals surface area contributed by atoms with Crippen LogP contribution in [0.2, 0.25) is 0 Å². The largest absolute Gasteiger partial charge is 0.376 e. The summed E-state index contributed by atoms with van der Waals surface area (Å²) in [6.45, 7) is 10.9. The monoisotopic (exact) mass is 204 g/mol. The fourth-order valence-electron chi connectivity index (χ4n) is 0.792. The lowest BCUT2D eigenvalue weighted by molar-refractivity contribution is -0.00619. The molecule has 0 aliphatic rings. The van der Waals surface area contributed by atoms with Crippen LogP contribution in [0.5, 0.6) is 0 Å². The van der Waals surface area contributed by atoms with E-state index in [1.807, 2.05) is 20.8 Å². The Kier molecular flexibility index (Phi) is 5.00. The molecule has 13 heavy (non-hydrogen) atoms.